The van der Waals surface area contributed by atoms with Gasteiger partial charge in [-0.25, -0.2) is 9.37 Å². The van der Waals surface area contributed by atoms with Crippen molar-refractivity contribution in [2.24, 2.45) is 0 Å². The zero-order valence-electron chi connectivity index (χ0n) is 11.6. The minimum absolute atomic E-state index is 0.0411. The summed E-state index contributed by atoms with van der Waals surface area (Å²) in [5.74, 6) is -1.52. The monoisotopic (exact) mass is 314 g/mol. The molecule has 3 N–H and O–H groups in total. The van der Waals surface area contributed by atoms with Gasteiger partial charge in [0.25, 0.3) is 0 Å². The number of pyridine rings is 1. The third-order valence-electron chi connectivity index (χ3n) is 2.49. The highest BCUT2D eigenvalue weighted by Crippen LogP contribution is 2.29. The molecule has 0 aliphatic heterocycles. The summed E-state index contributed by atoms with van der Waals surface area (Å²) in [5, 5.41) is 2.04. The van der Waals surface area contributed by atoms with E-state index in [4.69, 9.17) is 17.3 Å². The minimum Gasteiger partial charge on any atom is -0.368 e. The second-order valence-electron chi connectivity index (χ2n) is 5.30. The van der Waals surface area contributed by atoms with E-state index in [9.17, 15) is 8.78 Å². The van der Waals surface area contributed by atoms with Gasteiger partial charge in [0.15, 0.2) is 5.82 Å². The summed E-state index contributed by atoms with van der Waals surface area (Å²) >= 11 is 5.70. The van der Waals surface area contributed by atoms with Crippen LogP contribution >= 0.6 is 11.6 Å². The van der Waals surface area contributed by atoms with Gasteiger partial charge in [0, 0.05) is 5.41 Å². The van der Waals surface area contributed by atoms with Gasteiger partial charge in [0.1, 0.15) is 16.5 Å². The third kappa shape index (κ3) is 3.33. The molecule has 0 saturated carbocycles. The molecule has 6 nitrogen and oxygen atoms in total. The van der Waals surface area contributed by atoms with Crippen molar-refractivity contribution in [3.63, 3.8) is 0 Å². The first-order chi connectivity index (χ1) is 9.68. The zero-order chi connectivity index (χ0) is 15.8. The number of nitrogens with one attached hydrogen (secondary N) is 1. The van der Waals surface area contributed by atoms with E-state index in [1.165, 1.54) is 0 Å². The molecule has 0 unspecified atom stereocenters. The van der Waals surface area contributed by atoms with Crippen molar-refractivity contribution in [2.45, 2.75) is 26.2 Å². The summed E-state index contributed by atoms with van der Waals surface area (Å²) in [6, 6.07) is 0. The number of nitrogens with zero attached hydrogens (tertiary/aromatic N) is 4. The average Bonchev–Trinajstić information content (AvgIpc) is 2.38. The Kier molecular flexibility index (Phi) is 3.91. The second-order valence-corrected chi connectivity index (χ2v) is 5.68. The summed E-state index contributed by atoms with van der Waals surface area (Å²) < 4.78 is 27.0. The molecule has 0 amide bonds. The number of hydrogen-bond donors (Lipinski definition) is 2. The van der Waals surface area contributed by atoms with Gasteiger partial charge >= 0.3 is 0 Å². The van der Waals surface area contributed by atoms with E-state index in [1.54, 1.807) is 0 Å². The molecule has 2 heterocycles. The molecule has 2 aromatic heterocycles. The van der Waals surface area contributed by atoms with Crippen LogP contribution in [0.3, 0.4) is 0 Å². The summed E-state index contributed by atoms with van der Waals surface area (Å²) in [5.41, 5.74) is 4.85. The van der Waals surface area contributed by atoms with Crippen LogP contribution in [0.4, 0.5) is 26.4 Å². The molecule has 0 fully saturated rings. The van der Waals surface area contributed by atoms with Crippen molar-refractivity contribution in [3.05, 3.63) is 28.8 Å². The molecule has 2 rings (SSSR count). The Morgan fingerprint density at radius 3 is 2.48 bits per heavy atom. The van der Waals surface area contributed by atoms with Gasteiger partial charge in [-0.1, -0.05) is 32.4 Å². The number of nitrogens with two attached hydrogens (primary N) is 1. The van der Waals surface area contributed by atoms with Crippen molar-refractivity contribution < 1.29 is 8.78 Å². The summed E-state index contributed by atoms with van der Waals surface area (Å²) in [4.78, 5) is 15.2. The molecule has 9 heteroatoms. The SMILES string of the molecule is CC(C)(C)c1nc(N)nc(Nc2c(F)ncc(F)c2Cl)n1. The van der Waals surface area contributed by atoms with Gasteiger partial charge in [-0.15, -0.1) is 0 Å². The smallest absolute Gasteiger partial charge is 0.238 e. The number of anilines is 3. The van der Waals surface area contributed by atoms with E-state index in [1.807, 2.05) is 20.8 Å². The molecule has 0 atom stereocenters. The Balaban J connectivity index is 2.46. The van der Waals surface area contributed by atoms with Crippen LogP contribution in [0.5, 0.6) is 0 Å². The van der Waals surface area contributed by atoms with E-state index in [-0.39, 0.29) is 17.6 Å². The van der Waals surface area contributed by atoms with Crippen molar-refractivity contribution in [1.82, 2.24) is 19.9 Å². The first kappa shape index (κ1) is 15.3. The maximum absolute atomic E-state index is 13.6. The highest BCUT2D eigenvalue weighted by molar-refractivity contribution is 6.33. The van der Waals surface area contributed by atoms with Crippen LogP contribution in [0.1, 0.15) is 26.6 Å². The Morgan fingerprint density at radius 2 is 1.86 bits per heavy atom. The van der Waals surface area contributed by atoms with E-state index >= 15 is 0 Å². The van der Waals surface area contributed by atoms with Crippen LogP contribution in [-0.4, -0.2) is 19.9 Å². The molecule has 0 bridgehead atoms. The largest absolute Gasteiger partial charge is 0.368 e. The molecule has 112 valence electrons. The molecule has 0 aliphatic carbocycles. The molecular formula is C12H13ClF2N6. The van der Waals surface area contributed by atoms with Crippen LogP contribution in [0.25, 0.3) is 0 Å². The second kappa shape index (κ2) is 5.36. The molecule has 0 saturated heterocycles. The number of rotatable bonds is 2. The minimum atomic E-state index is -0.974. The number of hydrogen-bond acceptors (Lipinski definition) is 6. The van der Waals surface area contributed by atoms with E-state index in [2.05, 4.69) is 25.3 Å². The molecular weight excluding hydrogens is 302 g/mol. The maximum atomic E-state index is 13.6. The normalized spacial score (nSPS) is 11.5. The lowest BCUT2D eigenvalue weighted by Gasteiger charge is -2.17. The predicted molar refractivity (Wildman–Crippen MR) is 75.4 cm³/mol. The Labute approximate surface area is 124 Å². The van der Waals surface area contributed by atoms with Gasteiger partial charge in [-0.3, -0.25) is 0 Å². The third-order valence-corrected chi connectivity index (χ3v) is 2.86. The number of aromatic nitrogens is 4. The fourth-order valence-electron chi connectivity index (χ4n) is 1.45. The Hall–Kier alpha value is -2.09. The predicted octanol–water partition coefficient (Wildman–Crippen LogP) is 2.82. The highest BCUT2D eigenvalue weighted by Gasteiger charge is 2.21. The van der Waals surface area contributed by atoms with Crippen LogP contribution < -0.4 is 11.1 Å². The Bertz CT molecular complexity index is 686. The van der Waals surface area contributed by atoms with E-state index in [0.717, 1.165) is 0 Å². The topological polar surface area (TPSA) is 89.6 Å². The van der Waals surface area contributed by atoms with Crippen molar-refractivity contribution in [1.29, 1.82) is 0 Å². The molecule has 0 spiro atoms. The lowest BCUT2D eigenvalue weighted by atomic mass is 9.96. The fourth-order valence-corrected chi connectivity index (χ4v) is 1.62. The molecule has 0 aliphatic rings. The zero-order valence-corrected chi connectivity index (χ0v) is 12.3. The standard InChI is InChI=1S/C12H13ClF2N6/c1-12(2,3)9-19-10(16)21-11(20-9)18-7-6(13)5(14)4-17-8(7)15/h4H,1-3H3,(H3,16,18,19,20,21). The quantitative estimate of drug-likeness (QED) is 0.828. The highest BCUT2D eigenvalue weighted by atomic mass is 35.5. The first-order valence-electron chi connectivity index (χ1n) is 5.97. The van der Waals surface area contributed by atoms with Crippen molar-refractivity contribution >= 4 is 29.2 Å². The summed E-state index contributed by atoms with van der Waals surface area (Å²) in [6.45, 7) is 5.63. The summed E-state index contributed by atoms with van der Waals surface area (Å²) in [6.07, 6.45) is 0.686. The fraction of sp³-hybridized carbons (Fsp3) is 0.333. The van der Waals surface area contributed by atoms with E-state index in [0.29, 0.717) is 12.0 Å². The molecule has 21 heavy (non-hydrogen) atoms. The van der Waals surface area contributed by atoms with Crippen LogP contribution in [0.2, 0.25) is 5.02 Å². The van der Waals surface area contributed by atoms with E-state index < -0.39 is 22.2 Å². The van der Waals surface area contributed by atoms with Gasteiger partial charge in [0.2, 0.25) is 17.8 Å². The summed E-state index contributed by atoms with van der Waals surface area (Å²) in [7, 11) is 0. The van der Waals surface area contributed by atoms with Gasteiger partial charge in [0.05, 0.1) is 6.20 Å². The van der Waals surface area contributed by atoms with Crippen LogP contribution in [-0.2, 0) is 5.41 Å². The Morgan fingerprint density at radius 1 is 1.19 bits per heavy atom. The van der Waals surface area contributed by atoms with Gasteiger partial charge in [-0.2, -0.15) is 19.3 Å². The van der Waals surface area contributed by atoms with Crippen molar-refractivity contribution in [3.8, 4) is 0 Å². The lowest BCUT2D eigenvalue weighted by Crippen LogP contribution is -2.19. The lowest BCUT2D eigenvalue weighted by molar-refractivity contribution is 0.543. The maximum Gasteiger partial charge on any atom is 0.238 e. The van der Waals surface area contributed by atoms with Gasteiger partial charge in [-0.05, 0) is 0 Å². The number of nitrogen functional groups attached to an aromatic ring is 1. The van der Waals surface area contributed by atoms with Crippen LogP contribution in [0.15, 0.2) is 6.20 Å². The van der Waals surface area contributed by atoms with Crippen LogP contribution in [0, 0.1) is 11.8 Å². The van der Waals surface area contributed by atoms with Crippen molar-refractivity contribution in [2.75, 3.05) is 11.1 Å². The van der Waals surface area contributed by atoms with Gasteiger partial charge < -0.3 is 11.1 Å². The first-order valence-corrected chi connectivity index (χ1v) is 6.35. The molecule has 0 radical (unpaired) electrons. The molecule has 0 aromatic carbocycles. The molecule has 2 aromatic rings. The average molecular weight is 315 g/mol. The number of halogens is 3.